The van der Waals surface area contributed by atoms with E-state index in [1.807, 2.05) is 41.3 Å². The number of amides is 2. The molecule has 8 heteroatoms. The third kappa shape index (κ3) is 8.73. The molecule has 1 aromatic carbocycles. The van der Waals surface area contributed by atoms with Crippen LogP contribution in [0.3, 0.4) is 0 Å². The summed E-state index contributed by atoms with van der Waals surface area (Å²) in [6, 6.07) is 9.87. The highest BCUT2D eigenvalue weighted by Gasteiger charge is 2.47. The van der Waals surface area contributed by atoms with Crippen LogP contribution in [-0.4, -0.2) is 91.9 Å². The van der Waals surface area contributed by atoms with Gasteiger partial charge in [-0.3, -0.25) is 14.5 Å². The molecule has 1 heterocycles. The summed E-state index contributed by atoms with van der Waals surface area (Å²) < 4.78 is 5.42. The van der Waals surface area contributed by atoms with E-state index < -0.39 is 23.3 Å². The molecule has 1 aromatic rings. The van der Waals surface area contributed by atoms with Gasteiger partial charge in [0, 0.05) is 44.2 Å². The topological polar surface area (TPSA) is 108 Å². The third-order valence-electron chi connectivity index (χ3n) is 7.89. The largest absolute Gasteiger partial charge is 0.391 e. The molecule has 1 aliphatic heterocycles. The molecule has 1 unspecified atom stereocenters. The van der Waals surface area contributed by atoms with Crippen molar-refractivity contribution in [3.05, 3.63) is 59.7 Å². The maximum atomic E-state index is 13.5. The Kier molecular flexibility index (Phi) is 12.7. The molecule has 1 saturated heterocycles. The first kappa shape index (κ1) is 31.0. The Hall–Kier alpha value is -2.52. The van der Waals surface area contributed by atoms with Crippen molar-refractivity contribution in [2.75, 3.05) is 59.0 Å². The first-order chi connectivity index (χ1) is 18.9. The predicted molar refractivity (Wildman–Crippen MR) is 155 cm³/mol. The molecule has 39 heavy (non-hydrogen) atoms. The minimum atomic E-state index is -1.17. The number of primary amides is 1. The molecular weight excluding hydrogens is 492 g/mol. The summed E-state index contributed by atoms with van der Waals surface area (Å²) in [5, 5.41) is 14.9. The minimum absolute atomic E-state index is 0.0529. The summed E-state index contributed by atoms with van der Waals surface area (Å²) in [7, 11) is 0. The van der Waals surface area contributed by atoms with Crippen LogP contribution in [0.4, 0.5) is 0 Å². The Labute approximate surface area is 234 Å². The number of hydrogen-bond donors (Lipinski definition) is 3. The van der Waals surface area contributed by atoms with Gasteiger partial charge >= 0.3 is 0 Å². The van der Waals surface area contributed by atoms with Gasteiger partial charge in [0.15, 0.2) is 0 Å². The van der Waals surface area contributed by atoms with Crippen molar-refractivity contribution in [1.29, 1.82) is 0 Å². The molecule has 1 fully saturated rings. The van der Waals surface area contributed by atoms with Crippen molar-refractivity contribution >= 4 is 11.8 Å². The molecule has 0 radical (unpaired) electrons. The maximum Gasteiger partial charge on any atom is 0.249 e. The van der Waals surface area contributed by atoms with E-state index in [2.05, 4.69) is 24.1 Å². The Balaban J connectivity index is 1.75. The highest BCUT2D eigenvalue weighted by molar-refractivity contribution is 5.96. The molecule has 1 aliphatic carbocycles. The molecule has 8 nitrogen and oxygen atoms in total. The van der Waals surface area contributed by atoms with Gasteiger partial charge < -0.3 is 25.8 Å². The summed E-state index contributed by atoms with van der Waals surface area (Å²) in [5.74, 6) is -1.06. The third-order valence-corrected chi connectivity index (χ3v) is 7.89. The number of aliphatic hydroxyl groups is 1. The number of carbonyl (C=O) groups is 2. The Morgan fingerprint density at radius 1 is 1.15 bits per heavy atom. The lowest BCUT2D eigenvalue weighted by Gasteiger charge is -2.41. The Morgan fingerprint density at radius 2 is 1.85 bits per heavy atom. The number of nitrogens with zero attached hydrogens (tertiary/aromatic N) is 2. The van der Waals surface area contributed by atoms with Gasteiger partial charge in [-0.2, -0.15) is 0 Å². The van der Waals surface area contributed by atoms with E-state index >= 15 is 0 Å². The van der Waals surface area contributed by atoms with Gasteiger partial charge in [0.25, 0.3) is 0 Å². The van der Waals surface area contributed by atoms with Gasteiger partial charge in [-0.1, -0.05) is 62.4 Å². The number of ether oxygens (including phenoxy) is 1. The van der Waals surface area contributed by atoms with E-state index in [4.69, 9.17) is 10.5 Å². The van der Waals surface area contributed by atoms with Crippen LogP contribution in [0.15, 0.2) is 54.1 Å². The van der Waals surface area contributed by atoms with Crippen LogP contribution in [0.5, 0.6) is 0 Å². The minimum Gasteiger partial charge on any atom is -0.391 e. The summed E-state index contributed by atoms with van der Waals surface area (Å²) in [6.07, 6.45) is 7.91. The van der Waals surface area contributed by atoms with E-state index in [1.165, 1.54) is 0 Å². The van der Waals surface area contributed by atoms with Crippen molar-refractivity contribution in [3.8, 4) is 0 Å². The number of benzene rings is 1. The second kappa shape index (κ2) is 15.9. The number of morpholine rings is 1. The van der Waals surface area contributed by atoms with E-state index in [0.717, 1.165) is 64.2 Å². The molecule has 3 rings (SSSR count). The number of hydrogen-bond acceptors (Lipinski definition) is 6. The van der Waals surface area contributed by atoms with Gasteiger partial charge in [0.1, 0.15) is 0 Å². The lowest BCUT2D eigenvalue weighted by molar-refractivity contribution is -0.132. The average Bonchev–Trinajstić information content (AvgIpc) is 2.96. The smallest absolute Gasteiger partial charge is 0.249 e. The Morgan fingerprint density at radius 3 is 2.49 bits per heavy atom. The number of carbonyl (C=O) groups excluding carboxylic acids is 2. The van der Waals surface area contributed by atoms with Crippen LogP contribution in [0.25, 0.3) is 0 Å². The number of nitrogens with two attached hydrogens (primary N) is 1. The summed E-state index contributed by atoms with van der Waals surface area (Å²) in [4.78, 5) is 31.0. The summed E-state index contributed by atoms with van der Waals surface area (Å²) in [6.45, 7) is 11.0. The number of aliphatic hydroxyl groups excluding tert-OH is 1. The van der Waals surface area contributed by atoms with Crippen molar-refractivity contribution in [2.45, 2.75) is 52.1 Å². The van der Waals surface area contributed by atoms with Crippen molar-refractivity contribution in [3.63, 3.8) is 0 Å². The molecular formula is C31H48N4O4. The van der Waals surface area contributed by atoms with Crippen LogP contribution >= 0.6 is 0 Å². The molecule has 2 amide bonds. The van der Waals surface area contributed by atoms with Crippen molar-refractivity contribution in [2.24, 2.45) is 17.1 Å². The number of nitrogens with one attached hydrogen (secondary N) is 1. The average molecular weight is 541 g/mol. The Bertz CT molecular complexity index is 955. The SMILES string of the molecule is CCCN(CCC)C(=O)C1=CC=CC(C(N)=O)([C@H](Cc2ccccc2)[C@@H](O)CNCCCN2CCOCC2)C1. The molecule has 0 bridgehead atoms. The standard InChI is InChI=1S/C31H48N4O4/c1-3-15-35(16-4-2)29(37)26-12-8-13-31(23-26,30(32)38)27(22-25-10-6-5-7-11-25)28(36)24-33-14-9-17-34-18-20-39-21-19-34/h5-8,10-13,27-28,33,36H,3-4,9,14-24H2,1-2H3,(H2,32,38)/t27-,28+,31?/m1/s1. The summed E-state index contributed by atoms with van der Waals surface area (Å²) in [5.41, 5.74) is 6.54. The zero-order valence-electron chi connectivity index (χ0n) is 23.8. The molecule has 2 aliphatic rings. The van der Waals surface area contributed by atoms with Gasteiger partial charge in [0.2, 0.25) is 11.8 Å². The zero-order chi connectivity index (χ0) is 28.1. The fraction of sp³-hybridized carbons (Fsp3) is 0.613. The molecule has 3 atom stereocenters. The van der Waals surface area contributed by atoms with Crippen LogP contribution < -0.4 is 11.1 Å². The first-order valence-corrected chi connectivity index (χ1v) is 14.6. The molecule has 0 aromatic heterocycles. The zero-order valence-corrected chi connectivity index (χ0v) is 23.8. The molecule has 0 saturated carbocycles. The first-order valence-electron chi connectivity index (χ1n) is 14.6. The summed E-state index contributed by atoms with van der Waals surface area (Å²) >= 11 is 0. The monoisotopic (exact) mass is 540 g/mol. The highest BCUT2D eigenvalue weighted by Crippen LogP contribution is 2.43. The molecule has 216 valence electrons. The van der Waals surface area contributed by atoms with Crippen LogP contribution in [0, 0.1) is 11.3 Å². The van der Waals surface area contributed by atoms with E-state index in [9.17, 15) is 14.7 Å². The normalized spacial score (nSPS) is 21.3. The second-order valence-corrected chi connectivity index (χ2v) is 10.8. The molecule has 0 spiro atoms. The number of allylic oxidation sites excluding steroid dienone is 2. The van der Waals surface area contributed by atoms with E-state index in [1.54, 1.807) is 12.2 Å². The van der Waals surface area contributed by atoms with Gasteiger partial charge in [-0.15, -0.1) is 0 Å². The van der Waals surface area contributed by atoms with Crippen LogP contribution in [0.1, 0.15) is 45.1 Å². The second-order valence-electron chi connectivity index (χ2n) is 10.8. The molecule has 4 N–H and O–H groups in total. The van der Waals surface area contributed by atoms with Crippen molar-refractivity contribution < 1.29 is 19.4 Å². The fourth-order valence-electron chi connectivity index (χ4n) is 5.75. The maximum absolute atomic E-state index is 13.5. The lowest BCUT2D eigenvalue weighted by Crippen LogP contribution is -2.51. The van der Waals surface area contributed by atoms with E-state index in [0.29, 0.717) is 31.6 Å². The number of rotatable bonds is 16. The van der Waals surface area contributed by atoms with Crippen molar-refractivity contribution in [1.82, 2.24) is 15.1 Å². The van der Waals surface area contributed by atoms with Gasteiger partial charge in [-0.05, 0) is 50.8 Å². The predicted octanol–water partition coefficient (Wildman–Crippen LogP) is 2.52. The van der Waals surface area contributed by atoms with Gasteiger partial charge in [-0.25, -0.2) is 0 Å². The fourth-order valence-corrected chi connectivity index (χ4v) is 5.75. The lowest BCUT2D eigenvalue weighted by atomic mass is 9.64. The van der Waals surface area contributed by atoms with Gasteiger partial charge in [0.05, 0.1) is 24.7 Å². The van der Waals surface area contributed by atoms with E-state index in [-0.39, 0.29) is 12.3 Å². The quantitative estimate of drug-likeness (QED) is 0.278. The van der Waals surface area contributed by atoms with Crippen LogP contribution in [-0.2, 0) is 20.7 Å². The van der Waals surface area contributed by atoms with Crippen LogP contribution in [0.2, 0.25) is 0 Å². The highest BCUT2D eigenvalue weighted by atomic mass is 16.5.